The van der Waals surface area contributed by atoms with Crippen molar-refractivity contribution in [2.45, 2.75) is 6.54 Å². The molecule has 0 fully saturated rings. The summed E-state index contributed by atoms with van der Waals surface area (Å²) in [7, 11) is 0. The summed E-state index contributed by atoms with van der Waals surface area (Å²) in [5, 5.41) is 6.82. The Balaban J connectivity index is 1.89. The summed E-state index contributed by atoms with van der Waals surface area (Å²) in [6, 6.07) is 13.7. The van der Waals surface area contributed by atoms with E-state index in [2.05, 4.69) is 10.3 Å². The molecule has 0 spiro atoms. The van der Waals surface area contributed by atoms with Crippen LogP contribution in [0.15, 0.2) is 54.9 Å². The third-order valence-corrected chi connectivity index (χ3v) is 4.04. The molecule has 1 heterocycles. The molecule has 0 aliphatic heterocycles. The lowest BCUT2D eigenvalue weighted by molar-refractivity contribution is 1.15. The second kappa shape index (κ2) is 5.70. The number of anilines is 1. The molecule has 0 aliphatic carbocycles. The molecule has 0 atom stereocenters. The standard InChI is InChI=1S/C16H12Cl2N2/c17-14-5-1-4-12(16(14)18)10-20-15-6-2-3-11-9-19-8-7-13(11)15/h1-9,20H,10H2. The molecule has 4 heteroatoms. The number of nitrogens with zero attached hydrogens (tertiary/aromatic N) is 1. The minimum atomic E-state index is 0.577. The van der Waals surface area contributed by atoms with Crippen LogP contribution in [0.2, 0.25) is 10.0 Å². The van der Waals surface area contributed by atoms with E-state index in [9.17, 15) is 0 Å². The monoisotopic (exact) mass is 302 g/mol. The van der Waals surface area contributed by atoms with Crippen molar-refractivity contribution in [3.8, 4) is 0 Å². The predicted octanol–water partition coefficient (Wildman–Crippen LogP) is 5.15. The molecular weight excluding hydrogens is 291 g/mol. The van der Waals surface area contributed by atoms with Crippen LogP contribution in [0.5, 0.6) is 0 Å². The molecule has 3 aromatic rings. The molecule has 1 N–H and O–H groups in total. The summed E-state index contributed by atoms with van der Waals surface area (Å²) >= 11 is 12.2. The summed E-state index contributed by atoms with van der Waals surface area (Å²) in [5.41, 5.74) is 2.03. The normalized spacial score (nSPS) is 10.7. The lowest BCUT2D eigenvalue weighted by atomic mass is 10.1. The molecular formula is C16H12Cl2N2. The molecule has 0 unspecified atom stereocenters. The number of rotatable bonds is 3. The second-order valence-electron chi connectivity index (χ2n) is 4.47. The molecule has 0 aliphatic rings. The van der Waals surface area contributed by atoms with Crippen molar-refractivity contribution in [1.82, 2.24) is 4.98 Å². The highest BCUT2D eigenvalue weighted by Crippen LogP contribution is 2.27. The lowest BCUT2D eigenvalue weighted by Gasteiger charge is -2.11. The lowest BCUT2D eigenvalue weighted by Crippen LogP contribution is -2.00. The van der Waals surface area contributed by atoms with Gasteiger partial charge in [0.25, 0.3) is 0 Å². The van der Waals surface area contributed by atoms with Gasteiger partial charge in [0.1, 0.15) is 0 Å². The third-order valence-electron chi connectivity index (χ3n) is 3.18. The maximum atomic E-state index is 6.20. The quantitative estimate of drug-likeness (QED) is 0.723. The van der Waals surface area contributed by atoms with Gasteiger partial charge in [0.05, 0.1) is 10.0 Å². The van der Waals surface area contributed by atoms with Crippen LogP contribution in [0.25, 0.3) is 10.8 Å². The van der Waals surface area contributed by atoms with E-state index in [0.717, 1.165) is 22.0 Å². The van der Waals surface area contributed by atoms with Gasteiger partial charge >= 0.3 is 0 Å². The predicted molar refractivity (Wildman–Crippen MR) is 85.5 cm³/mol. The number of hydrogen-bond acceptors (Lipinski definition) is 2. The molecule has 2 nitrogen and oxygen atoms in total. The van der Waals surface area contributed by atoms with Crippen LogP contribution in [0, 0.1) is 0 Å². The van der Waals surface area contributed by atoms with Crippen molar-refractivity contribution in [3.05, 3.63) is 70.5 Å². The number of halogens is 2. The Morgan fingerprint density at radius 2 is 1.85 bits per heavy atom. The van der Waals surface area contributed by atoms with E-state index in [1.807, 2.05) is 42.6 Å². The number of hydrogen-bond donors (Lipinski definition) is 1. The Morgan fingerprint density at radius 1 is 1.00 bits per heavy atom. The van der Waals surface area contributed by atoms with E-state index in [1.165, 1.54) is 0 Å². The summed E-state index contributed by atoms with van der Waals surface area (Å²) < 4.78 is 0. The zero-order chi connectivity index (χ0) is 13.9. The average molecular weight is 303 g/mol. The van der Waals surface area contributed by atoms with Gasteiger partial charge in [-0.3, -0.25) is 4.98 Å². The molecule has 0 saturated carbocycles. The van der Waals surface area contributed by atoms with Crippen molar-refractivity contribution in [2.24, 2.45) is 0 Å². The first-order chi connectivity index (χ1) is 9.75. The summed E-state index contributed by atoms with van der Waals surface area (Å²) in [6.07, 6.45) is 3.65. The summed E-state index contributed by atoms with van der Waals surface area (Å²) in [5.74, 6) is 0. The van der Waals surface area contributed by atoms with Crippen molar-refractivity contribution in [1.29, 1.82) is 0 Å². The molecule has 3 rings (SSSR count). The smallest absolute Gasteiger partial charge is 0.0642 e. The maximum Gasteiger partial charge on any atom is 0.0642 e. The Kier molecular flexibility index (Phi) is 3.77. The zero-order valence-corrected chi connectivity index (χ0v) is 12.1. The van der Waals surface area contributed by atoms with E-state index < -0.39 is 0 Å². The summed E-state index contributed by atoms with van der Waals surface area (Å²) in [4.78, 5) is 4.13. The molecule has 0 amide bonds. The van der Waals surface area contributed by atoms with Gasteiger partial charge in [0.2, 0.25) is 0 Å². The minimum Gasteiger partial charge on any atom is -0.380 e. The van der Waals surface area contributed by atoms with Crippen molar-refractivity contribution >= 4 is 39.7 Å². The van der Waals surface area contributed by atoms with E-state index in [0.29, 0.717) is 16.6 Å². The highest BCUT2D eigenvalue weighted by molar-refractivity contribution is 6.42. The first kappa shape index (κ1) is 13.2. The van der Waals surface area contributed by atoms with Crippen molar-refractivity contribution in [3.63, 3.8) is 0 Å². The van der Waals surface area contributed by atoms with E-state index >= 15 is 0 Å². The fourth-order valence-electron chi connectivity index (χ4n) is 2.15. The van der Waals surface area contributed by atoms with Gasteiger partial charge in [0, 0.05) is 35.4 Å². The molecule has 2 aromatic carbocycles. The van der Waals surface area contributed by atoms with Crippen LogP contribution in [-0.2, 0) is 6.54 Å². The molecule has 0 radical (unpaired) electrons. The van der Waals surface area contributed by atoms with Gasteiger partial charge in [-0.1, -0.05) is 47.5 Å². The highest BCUT2D eigenvalue weighted by Gasteiger charge is 2.05. The number of pyridine rings is 1. The maximum absolute atomic E-state index is 6.20. The highest BCUT2D eigenvalue weighted by atomic mass is 35.5. The Bertz CT molecular complexity index is 751. The van der Waals surface area contributed by atoms with Crippen molar-refractivity contribution < 1.29 is 0 Å². The van der Waals surface area contributed by atoms with Gasteiger partial charge in [-0.15, -0.1) is 0 Å². The average Bonchev–Trinajstić information content (AvgIpc) is 2.49. The first-order valence-electron chi connectivity index (χ1n) is 6.25. The molecule has 0 bridgehead atoms. The van der Waals surface area contributed by atoms with E-state index in [4.69, 9.17) is 23.2 Å². The van der Waals surface area contributed by atoms with E-state index in [1.54, 1.807) is 12.3 Å². The van der Waals surface area contributed by atoms with E-state index in [-0.39, 0.29) is 0 Å². The largest absolute Gasteiger partial charge is 0.380 e. The number of benzene rings is 2. The third kappa shape index (κ3) is 2.58. The van der Waals surface area contributed by atoms with Crippen LogP contribution >= 0.6 is 23.2 Å². The topological polar surface area (TPSA) is 24.9 Å². The first-order valence-corrected chi connectivity index (χ1v) is 7.01. The minimum absolute atomic E-state index is 0.577. The van der Waals surface area contributed by atoms with Gasteiger partial charge in [0.15, 0.2) is 0 Å². The van der Waals surface area contributed by atoms with Gasteiger partial charge < -0.3 is 5.32 Å². The van der Waals surface area contributed by atoms with Gasteiger partial charge in [-0.2, -0.15) is 0 Å². The van der Waals surface area contributed by atoms with Crippen LogP contribution in [0.3, 0.4) is 0 Å². The summed E-state index contributed by atoms with van der Waals surface area (Å²) in [6.45, 7) is 0.626. The molecule has 100 valence electrons. The van der Waals surface area contributed by atoms with Gasteiger partial charge in [-0.05, 0) is 23.8 Å². The Morgan fingerprint density at radius 3 is 2.75 bits per heavy atom. The van der Waals surface area contributed by atoms with Gasteiger partial charge in [-0.25, -0.2) is 0 Å². The molecule has 1 aromatic heterocycles. The Labute approximate surface area is 127 Å². The SMILES string of the molecule is Clc1cccc(CNc2cccc3cnccc23)c1Cl. The number of nitrogens with one attached hydrogen (secondary N) is 1. The number of fused-ring (bicyclic) bond motifs is 1. The van der Waals surface area contributed by atoms with Crippen LogP contribution in [0.4, 0.5) is 5.69 Å². The number of aromatic nitrogens is 1. The van der Waals surface area contributed by atoms with Crippen LogP contribution in [-0.4, -0.2) is 4.98 Å². The Hall–Kier alpha value is -1.77. The second-order valence-corrected chi connectivity index (χ2v) is 5.25. The fourth-order valence-corrected chi connectivity index (χ4v) is 2.54. The van der Waals surface area contributed by atoms with Crippen LogP contribution < -0.4 is 5.32 Å². The zero-order valence-electron chi connectivity index (χ0n) is 10.6. The van der Waals surface area contributed by atoms with Crippen LogP contribution in [0.1, 0.15) is 5.56 Å². The van der Waals surface area contributed by atoms with Crippen molar-refractivity contribution in [2.75, 3.05) is 5.32 Å². The fraction of sp³-hybridized carbons (Fsp3) is 0.0625. The molecule has 20 heavy (non-hydrogen) atoms. The molecule has 0 saturated heterocycles.